The molecule has 0 aromatic heterocycles. The molecule has 2 aromatic rings. The van der Waals surface area contributed by atoms with Crippen molar-refractivity contribution in [3.05, 3.63) is 82.9 Å². The number of allylic oxidation sites excluding steroid dienone is 2. The van der Waals surface area contributed by atoms with Crippen molar-refractivity contribution in [1.82, 2.24) is 0 Å². The molecule has 4 heteroatoms. The molecule has 27 heavy (non-hydrogen) atoms. The first kappa shape index (κ1) is 24.4. The second-order valence-corrected chi connectivity index (χ2v) is 7.26. The topological polar surface area (TPSA) is 20.2 Å². The number of rotatable bonds is 5. The number of hydrogen-bond donors (Lipinski definition) is 1. The quantitative estimate of drug-likeness (QED) is 0.538. The number of halogens is 2. The molecule has 2 atom stereocenters. The second kappa shape index (κ2) is 10.2. The van der Waals surface area contributed by atoms with Gasteiger partial charge < -0.3 is 5.11 Å². The maximum atomic E-state index is 9.47. The third kappa shape index (κ3) is 4.35. The minimum absolute atomic E-state index is 0. The van der Waals surface area contributed by atoms with Crippen LogP contribution in [0.1, 0.15) is 53.9 Å². The summed E-state index contributed by atoms with van der Waals surface area (Å²) >= 11 is 0. The average molecular weight is 481 g/mol. The van der Waals surface area contributed by atoms with Crippen molar-refractivity contribution in [3.63, 3.8) is 0 Å². The summed E-state index contributed by atoms with van der Waals surface area (Å²) < 4.78 is 0. The van der Waals surface area contributed by atoms with Crippen LogP contribution >= 0.6 is 24.8 Å². The van der Waals surface area contributed by atoms with Gasteiger partial charge in [-0.3, -0.25) is 0 Å². The molecule has 142 valence electrons. The molecular weight excluding hydrogens is 454 g/mol. The first-order valence-electron chi connectivity index (χ1n) is 8.89. The van der Waals surface area contributed by atoms with Crippen LogP contribution in [0.4, 0.5) is 0 Å². The number of hydrogen-bond acceptors (Lipinski definition) is 1. The molecule has 0 radical (unpaired) electrons. The van der Waals surface area contributed by atoms with Crippen LogP contribution in [0.15, 0.2) is 60.7 Å². The van der Waals surface area contributed by atoms with Crippen LogP contribution in [-0.4, -0.2) is 11.7 Å². The maximum absolute atomic E-state index is 9.47. The molecule has 0 bridgehead atoms. The fraction of sp³-hybridized carbons (Fsp3) is 0.304. The van der Waals surface area contributed by atoms with Crippen LogP contribution in [0, 0.1) is 5.41 Å². The molecule has 0 spiro atoms. The molecule has 2 aliphatic rings. The Hall–Kier alpha value is -0.657. The van der Waals surface area contributed by atoms with Crippen LogP contribution in [-0.2, 0) is 26.2 Å². The molecule has 0 amide bonds. The third-order valence-electron chi connectivity index (χ3n) is 5.89. The summed E-state index contributed by atoms with van der Waals surface area (Å²) in [4.78, 5) is 0. The first-order valence-corrected chi connectivity index (χ1v) is 8.89. The van der Waals surface area contributed by atoms with Crippen LogP contribution in [0.3, 0.4) is 0 Å². The molecule has 1 N–H and O–H groups in total. The number of aliphatic hydroxyl groups excluding tert-OH is 1. The van der Waals surface area contributed by atoms with E-state index in [0.717, 1.165) is 12.8 Å². The van der Waals surface area contributed by atoms with Crippen molar-refractivity contribution in [2.45, 2.75) is 31.6 Å². The molecule has 4 rings (SSSR count). The van der Waals surface area contributed by atoms with Crippen LogP contribution in [0.25, 0.3) is 12.2 Å². The average Bonchev–Trinajstić information content (AvgIpc) is 3.24. The maximum Gasteiger partial charge on any atom is 0.0431 e. The number of aliphatic hydroxyl groups is 1. The van der Waals surface area contributed by atoms with E-state index in [0.29, 0.717) is 11.8 Å². The van der Waals surface area contributed by atoms with E-state index in [-0.39, 0.29) is 63.0 Å². The molecule has 0 heterocycles. The van der Waals surface area contributed by atoms with Gasteiger partial charge in [-0.25, -0.2) is 0 Å². The Bertz CT molecular complexity index is 754. The molecule has 0 saturated carbocycles. The fourth-order valence-corrected chi connectivity index (χ4v) is 4.61. The monoisotopic (exact) mass is 478 g/mol. The standard InChI is InChI=1S/C23H24O.2ClH.Zr/c1-23(15-6-16-24,21-13-11-17-7-2-4-9-19(17)21)22-14-12-18-8-3-5-10-20(18)22;;;/h2-5,7-14,21-22,24H,6,15-16H2,1H3;2*1H;. The van der Waals surface area contributed by atoms with Crippen molar-refractivity contribution >= 4 is 37.0 Å². The van der Waals surface area contributed by atoms with E-state index < -0.39 is 0 Å². The van der Waals surface area contributed by atoms with Gasteiger partial charge in [-0.05, 0) is 40.5 Å². The van der Waals surface area contributed by atoms with Crippen molar-refractivity contribution < 1.29 is 31.3 Å². The summed E-state index contributed by atoms with van der Waals surface area (Å²) in [5.41, 5.74) is 5.60. The molecule has 0 aliphatic heterocycles. The molecule has 1 nitrogen and oxygen atoms in total. The van der Waals surface area contributed by atoms with E-state index in [1.165, 1.54) is 22.3 Å². The van der Waals surface area contributed by atoms with Crippen LogP contribution < -0.4 is 0 Å². The minimum Gasteiger partial charge on any atom is -0.396 e. The first-order chi connectivity index (χ1) is 11.7. The molecule has 2 unspecified atom stereocenters. The van der Waals surface area contributed by atoms with Gasteiger partial charge in [0.05, 0.1) is 0 Å². The van der Waals surface area contributed by atoms with Gasteiger partial charge in [-0.1, -0.05) is 79.8 Å². The predicted molar refractivity (Wildman–Crippen MR) is 115 cm³/mol. The van der Waals surface area contributed by atoms with Gasteiger partial charge in [-0.15, -0.1) is 24.8 Å². The zero-order chi connectivity index (χ0) is 16.6. The van der Waals surface area contributed by atoms with Crippen LogP contribution in [0.5, 0.6) is 0 Å². The summed E-state index contributed by atoms with van der Waals surface area (Å²) in [6.07, 6.45) is 11.1. The Morgan fingerprint density at radius 1 is 0.815 bits per heavy atom. The minimum atomic E-state index is 0. The largest absolute Gasteiger partial charge is 0.396 e. The zero-order valence-corrected chi connectivity index (χ0v) is 19.6. The van der Waals surface area contributed by atoms with Crippen molar-refractivity contribution in [1.29, 1.82) is 0 Å². The number of fused-ring (bicyclic) bond motifs is 2. The third-order valence-corrected chi connectivity index (χ3v) is 5.89. The predicted octanol–water partition coefficient (Wildman–Crippen LogP) is 6.23. The second-order valence-electron chi connectivity index (χ2n) is 7.26. The zero-order valence-electron chi connectivity index (χ0n) is 15.5. The van der Waals surface area contributed by atoms with E-state index in [1.54, 1.807) is 0 Å². The van der Waals surface area contributed by atoms with E-state index in [1.807, 2.05) is 0 Å². The van der Waals surface area contributed by atoms with Gasteiger partial charge in [-0.2, -0.15) is 0 Å². The molecule has 2 aliphatic carbocycles. The van der Waals surface area contributed by atoms with E-state index in [2.05, 4.69) is 79.8 Å². The van der Waals surface area contributed by atoms with Gasteiger partial charge in [0, 0.05) is 44.6 Å². The Morgan fingerprint density at radius 3 is 1.70 bits per heavy atom. The summed E-state index contributed by atoms with van der Waals surface area (Å²) in [5.74, 6) is 0.780. The van der Waals surface area contributed by atoms with Crippen molar-refractivity contribution in [3.8, 4) is 0 Å². The van der Waals surface area contributed by atoms with E-state index in [9.17, 15) is 5.11 Å². The summed E-state index contributed by atoms with van der Waals surface area (Å²) in [6, 6.07) is 17.5. The fourth-order valence-electron chi connectivity index (χ4n) is 4.61. The Labute approximate surface area is 193 Å². The molecule has 0 fully saturated rings. The van der Waals surface area contributed by atoms with Gasteiger partial charge >= 0.3 is 0 Å². The summed E-state index contributed by atoms with van der Waals surface area (Å²) in [5, 5.41) is 9.47. The van der Waals surface area contributed by atoms with E-state index in [4.69, 9.17) is 0 Å². The molecular formula is C23H26Cl2OZr. The SMILES string of the molecule is CC(CCCO)(C1C=Cc2ccccc21)C1C=Cc2ccccc21.Cl.Cl.[Zr]. The van der Waals surface area contributed by atoms with Gasteiger partial charge in [0.15, 0.2) is 0 Å². The van der Waals surface area contributed by atoms with Crippen molar-refractivity contribution in [2.75, 3.05) is 6.61 Å². The van der Waals surface area contributed by atoms with Crippen LogP contribution in [0.2, 0.25) is 0 Å². The Kier molecular flexibility index (Phi) is 9.22. The number of benzene rings is 2. The summed E-state index contributed by atoms with van der Waals surface area (Å²) in [6.45, 7) is 2.66. The molecule has 0 saturated heterocycles. The molecule has 2 aromatic carbocycles. The summed E-state index contributed by atoms with van der Waals surface area (Å²) in [7, 11) is 0. The smallest absolute Gasteiger partial charge is 0.0431 e. The Morgan fingerprint density at radius 2 is 1.26 bits per heavy atom. The van der Waals surface area contributed by atoms with Gasteiger partial charge in [0.2, 0.25) is 0 Å². The normalized spacial score (nSPS) is 20.5. The van der Waals surface area contributed by atoms with Gasteiger partial charge in [0.25, 0.3) is 0 Å². The van der Waals surface area contributed by atoms with Crippen molar-refractivity contribution in [2.24, 2.45) is 5.41 Å². The van der Waals surface area contributed by atoms with Gasteiger partial charge in [0.1, 0.15) is 0 Å². The van der Waals surface area contributed by atoms with E-state index >= 15 is 0 Å². The Balaban J connectivity index is 0.00000121.